The molecule has 0 aliphatic carbocycles. The number of carbonyl (C=O) groups is 4. The van der Waals surface area contributed by atoms with E-state index in [4.69, 9.17) is 15.6 Å². The van der Waals surface area contributed by atoms with E-state index in [0.717, 1.165) is 0 Å². The molecule has 0 saturated heterocycles. The Bertz CT molecular complexity index is 287. The molecule has 92 valence electrons. The van der Waals surface area contributed by atoms with Crippen LogP contribution in [0.1, 0.15) is 6.42 Å². The zero-order chi connectivity index (χ0) is 13.3. The second kappa shape index (κ2) is 7.99. The smallest absolute Gasteiger partial charge is 0.318 e. The number of carbonyl (C=O) groups excluding carboxylic acids is 3. The molecule has 5 amide bonds. The molecule has 10 nitrogen and oxygen atoms in total. The number of carboxylic acid groups (broad SMARTS) is 1. The maximum absolute atomic E-state index is 10.7. The normalized spacial score (nSPS) is 10.3. The van der Waals surface area contributed by atoms with Crippen LogP contribution in [0.15, 0.2) is 0 Å². The molecule has 0 aromatic carbocycles. The van der Waals surface area contributed by atoms with Crippen LogP contribution in [0, 0.1) is 0 Å². The van der Waals surface area contributed by atoms with Crippen molar-refractivity contribution in [2.75, 3.05) is 0 Å². The van der Waals surface area contributed by atoms with Crippen molar-refractivity contribution in [3.8, 4) is 0 Å². The Hall–Kier alpha value is -2.36. The molecule has 1 atom stereocenters. The summed E-state index contributed by atoms with van der Waals surface area (Å²) in [5.74, 6) is -2.12. The largest absolute Gasteiger partial charge is 0.481 e. The minimum atomic E-state index is -1.25. The Morgan fingerprint density at radius 2 is 1.50 bits per heavy atom. The van der Waals surface area contributed by atoms with E-state index >= 15 is 0 Å². The Balaban J connectivity index is 0. The van der Waals surface area contributed by atoms with Crippen LogP contribution in [-0.4, -0.2) is 35.1 Å². The number of nitrogens with one attached hydrogen (secondary N) is 1. The van der Waals surface area contributed by atoms with Crippen molar-refractivity contribution in [2.24, 2.45) is 22.9 Å². The first kappa shape index (κ1) is 16.1. The Kier molecular flexibility index (Phi) is 8.03. The van der Waals surface area contributed by atoms with Gasteiger partial charge in [-0.1, -0.05) is 0 Å². The van der Waals surface area contributed by atoms with Crippen molar-refractivity contribution in [2.45, 2.75) is 12.5 Å². The number of aliphatic carboxylic acids is 1. The fourth-order valence-corrected chi connectivity index (χ4v) is 0.495. The van der Waals surface area contributed by atoms with Gasteiger partial charge in [0.25, 0.3) is 0 Å². The average molecular weight is 235 g/mol. The molecular weight excluding hydrogens is 222 g/mol. The van der Waals surface area contributed by atoms with Gasteiger partial charge in [0.05, 0.1) is 12.5 Å². The summed E-state index contributed by atoms with van der Waals surface area (Å²) in [6.07, 6.45) is -0.543. The lowest BCUT2D eigenvalue weighted by atomic mass is 10.2. The van der Waals surface area contributed by atoms with Crippen molar-refractivity contribution in [3.05, 3.63) is 0 Å². The lowest BCUT2D eigenvalue weighted by molar-refractivity contribution is -0.139. The molecule has 0 aliphatic rings. The number of hydrogen-bond donors (Lipinski definition) is 6. The third kappa shape index (κ3) is 14.2. The Morgan fingerprint density at radius 1 is 1.12 bits per heavy atom. The van der Waals surface area contributed by atoms with Gasteiger partial charge in [0, 0.05) is 0 Å². The topological polar surface area (TPSA) is 205 Å². The molecule has 0 aromatic heterocycles. The van der Waals surface area contributed by atoms with Crippen LogP contribution in [0.25, 0.3) is 0 Å². The quantitative estimate of drug-likeness (QED) is 0.300. The van der Waals surface area contributed by atoms with E-state index in [1.54, 1.807) is 5.32 Å². The highest BCUT2D eigenvalue weighted by molar-refractivity contribution is 5.97. The SMILES string of the molecule is NC(=O)NC(=O)C(N)CC(=O)O.NC(N)=O. The molecule has 0 saturated carbocycles. The highest BCUT2D eigenvalue weighted by Crippen LogP contribution is 1.87. The molecule has 0 aromatic rings. The van der Waals surface area contributed by atoms with E-state index in [1.165, 1.54) is 0 Å². The molecule has 0 rings (SSSR count). The third-order valence-corrected chi connectivity index (χ3v) is 0.978. The minimum absolute atomic E-state index is 0.543. The van der Waals surface area contributed by atoms with Crippen LogP contribution in [0.2, 0.25) is 0 Å². The number of hydrogen-bond acceptors (Lipinski definition) is 5. The number of rotatable bonds is 3. The van der Waals surface area contributed by atoms with Gasteiger partial charge in [-0.2, -0.15) is 0 Å². The minimum Gasteiger partial charge on any atom is -0.481 e. The van der Waals surface area contributed by atoms with Gasteiger partial charge < -0.3 is 28.0 Å². The lowest BCUT2D eigenvalue weighted by Gasteiger charge is -2.06. The summed E-state index contributed by atoms with van der Waals surface area (Å²) in [7, 11) is 0. The first-order valence-corrected chi connectivity index (χ1v) is 3.79. The van der Waals surface area contributed by atoms with Gasteiger partial charge in [0.2, 0.25) is 5.91 Å². The monoisotopic (exact) mass is 235 g/mol. The fourth-order valence-electron chi connectivity index (χ4n) is 0.495. The zero-order valence-electron chi connectivity index (χ0n) is 8.17. The van der Waals surface area contributed by atoms with Crippen LogP contribution in [-0.2, 0) is 9.59 Å². The standard InChI is InChI=1S/C5H9N3O4.CH4N2O/c6-2(1-3(9)10)4(11)8-5(7)12;2-1(3)4/h2H,1,6H2,(H,9,10)(H3,7,8,11,12);(H4,2,3,4). The van der Waals surface area contributed by atoms with Gasteiger partial charge in [-0.15, -0.1) is 0 Å². The average Bonchev–Trinajstić information content (AvgIpc) is 1.99. The zero-order valence-corrected chi connectivity index (χ0v) is 8.17. The van der Waals surface area contributed by atoms with E-state index in [0.29, 0.717) is 0 Å². The van der Waals surface area contributed by atoms with Crippen molar-refractivity contribution in [1.82, 2.24) is 5.32 Å². The molecule has 0 fully saturated rings. The number of primary amides is 3. The number of imide groups is 1. The fraction of sp³-hybridized carbons (Fsp3) is 0.333. The van der Waals surface area contributed by atoms with Gasteiger partial charge in [-0.05, 0) is 0 Å². The van der Waals surface area contributed by atoms with E-state index in [2.05, 4.69) is 17.2 Å². The van der Waals surface area contributed by atoms with Gasteiger partial charge in [0.15, 0.2) is 0 Å². The Morgan fingerprint density at radius 3 is 1.75 bits per heavy atom. The molecular formula is C6H13N5O5. The van der Waals surface area contributed by atoms with Crippen LogP contribution >= 0.6 is 0 Å². The van der Waals surface area contributed by atoms with Gasteiger partial charge in [0.1, 0.15) is 0 Å². The predicted octanol–water partition coefficient (Wildman–Crippen LogP) is -2.99. The van der Waals surface area contributed by atoms with Crippen molar-refractivity contribution < 1.29 is 24.3 Å². The number of carboxylic acids is 1. The summed E-state index contributed by atoms with van der Waals surface area (Å²) in [4.78, 5) is 39.8. The molecule has 0 bridgehead atoms. The summed E-state index contributed by atoms with van der Waals surface area (Å²) in [5, 5.41) is 9.85. The van der Waals surface area contributed by atoms with Gasteiger partial charge in [-0.3, -0.25) is 14.9 Å². The number of amides is 5. The molecule has 0 heterocycles. The van der Waals surface area contributed by atoms with Crippen LogP contribution in [0.3, 0.4) is 0 Å². The maximum atomic E-state index is 10.7. The van der Waals surface area contributed by atoms with E-state index in [-0.39, 0.29) is 0 Å². The Labute approximate surface area is 89.9 Å². The maximum Gasteiger partial charge on any atom is 0.318 e. The first-order valence-electron chi connectivity index (χ1n) is 3.79. The van der Waals surface area contributed by atoms with Gasteiger partial charge in [-0.25, -0.2) is 9.59 Å². The molecule has 0 radical (unpaired) electrons. The van der Waals surface area contributed by atoms with Crippen molar-refractivity contribution >= 4 is 23.9 Å². The predicted molar refractivity (Wildman–Crippen MR) is 51.7 cm³/mol. The summed E-state index contributed by atoms with van der Waals surface area (Å²) < 4.78 is 0. The van der Waals surface area contributed by atoms with Crippen molar-refractivity contribution in [1.29, 1.82) is 0 Å². The van der Waals surface area contributed by atoms with Crippen LogP contribution < -0.4 is 28.3 Å². The molecule has 0 spiro atoms. The molecule has 1 unspecified atom stereocenters. The third-order valence-electron chi connectivity index (χ3n) is 0.978. The summed E-state index contributed by atoms with van der Waals surface area (Å²) in [6.45, 7) is 0. The molecule has 10 N–H and O–H groups in total. The van der Waals surface area contributed by atoms with E-state index in [9.17, 15) is 14.4 Å². The number of nitrogens with two attached hydrogens (primary N) is 4. The summed E-state index contributed by atoms with van der Waals surface area (Å²) in [5.41, 5.74) is 18.2. The summed E-state index contributed by atoms with van der Waals surface area (Å²) >= 11 is 0. The number of urea groups is 2. The highest BCUT2D eigenvalue weighted by atomic mass is 16.4. The van der Waals surface area contributed by atoms with Crippen LogP contribution in [0.4, 0.5) is 9.59 Å². The van der Waals surface area contributed by atoms with E-state index in [1.807, 2.05) is 0 Å². The molecule has 16 heavy (non-hydrogen) atoms. The lowest BCUT2D eigenvalue weighted by Crippen LogP contribution is -2.46. The molecule has 10 heteroatoms. The first-order chi connectivity index (χ1) is 7.16. The second-order valence-electron chi connectivity index (χ2n) is 2.46. The molecule has 0 aliphatic heterocycles. The second-order valence-corrected chi connectivity index (χ2v) is 2.46. The van der Waals surface area contributed by atoms with Gasteiger partial charge >= 0.3 is 18.0 Å². The van der Waals surface area contributed by atoms with E-state index < -0.39 is 36.4 Å². The summed E-state index contributed by atoms with van der Waals surface area (Å²) in [6, 6.07) is -3.14. The van der Waals surface area contributed by atoms with Crippen molar-refractivity contribution in [3.63, 3.8) is 0 Å². The van der Waals surface area contributed by atoms with Crippen LogP contribution in [0.5, 0.6) is 0 Å². The highest BCUT2D eigenvalue weighted by Gasteiger charge is 2.17.